The fourth-order valence-corrected chi connectivity index (χ4v) is 3.08. The normalized spacial score (nSPS) is 14.6. The molecule has 0 amide bonds. The van der Waals surface area contributed by atoms with E-state index >= 15 is 0 Å². The van der Waals surface area contributed by atoms with Gasteiger partial charge in [-0.05, 0) is 24.0 Å². The molecule has 0 fully saturated rings. The van der Waals surface area contributed by atoms with Gasteiger partial charge in [-0.25, -0.2) is 4.98 Å². The lowest BCUT2D eigenvalue weighted by molar-refractivity contribution is 0.241. The summed E-state index contributed by atoms with van der Waals surface area (Å²) in [6.45, 7) is 2.40. The van der Waals surface area contributed by atoms with E-state index in [0.717, 1.165) is 36.5 Å². The Bertz CT molecular complexity index is 712. The zero-order valence-corrected chi connectivity index (χ0v) is 13.6. The summed E-state index contributed by atoms with van der Waals surface area (Å²) in [5.74, 6) is 0.859. The fraction of sp³-hybridized carbons (Fsp3) is 0.375. The van der Waals surface area contributed by atoms with Gasteiger partial charge >= 0.3 is 0 Å². The zero-order valence-electron chi connectivity index (χ0n) is 12.8. The molecule has 0 spiro atoms. The van der Waals surface area contributed by atoms with E-state index in [4.69, 9.17) is 4.74 Å². The van der Waals surface area contributed by atoms with Gasteiger partial charge in [-0.1, -0.05) is 23.9 Å². The maximum Gasteiger partial charge on any atom is 0.256 e. The molecular formula is C16H19N3O2S. The second-order valence-corrected chi connectivity index (χ2v) is 6.10. The number of hydrogen-bond acceptors (Lipinski definition) is 5. The molecule has 0 bridgehead atoms. The first-order chi connectivity index (χ1) is 10.7. The molecule has 0 unspecified atom stereocenters. The third-order valence-electron chi connectivity index (χ3n) is 3.88. The number of fused-ring (bicyclic) bond motifs is 1. The smallest absolute Gasteiger partial charge is 0.256 e. The van der Waals surface area contributed by atoms with E-state index in [9.17, 15) is 4.79 Å². The summed E-state index contributed by atoms with van der Waals surface area (Å²) >= 11 is 1.47. The Morgan fingerprint density at radius 1 is 1.36 bits per heavy atom. The fourth-order valence-electron chi connectivity index (χ4n) is 2.68. The number of hydrogen-bond donors (Lipinski definition) is 1. The Hall–Kier alpha value is -1.79. The minimum absolute atomic E-state index is 0.00576. The molecule has 1 aromatic carbocycles. The summed E-state index contributed by atoms with van der Waals surface area (Å²) in [4.78, 5) is 21.8. The van der Waals surface area contributed by atoms with Gasteiger partial charge in [0.05, 0.1) is 18.4 Å². The number of aromatic amines is 1. The Morgan fingerprint density at radius 3 is 2.82 bits per heavy atom. The van der Waals surface area contributed by atoms with Gasteiger partial charge in [0.15, 0.2) is 5.16 Å². The molecule has 0 saturated heterocycles. The average Bonchev–Trinajstić information content (AvgIpc) is 2.56. The van der Waals surface area contributed by atoms with Crippen LogP contribution in [0.2, 0.25) is 0 Å². The highest BCUT2D eigenvalue weighted by Gasteiger charge is 2.21. The van der Waals surface area contributed by atoms with Crippen molar-refractivity contribution in [1.82, 2.24) is 14.9 Å². The minimum atomic E-state index is -0.00576. The molecular weight excluding hydrogens is 298 g/mol. The van der Waals surface area contributed by atoms with Crippen LogP contribution in [0.4, 0.5) is 0 Å². The predicted octanol–water partition coefficient (Wildman–Crippen LogP) is 2.06. The molecule has 6 heteroatoms. The summed E-state index contributed by atoms with van der Waals surface area (Å²) in [6.07, 6.45) is 2.74. The van der Waals surface area contributed by atoms with E-state index in [-0.39, 0.29) is 5.56 Å². The van der Waals surface area contributed by atoms with Gasteiger partial charge in [0.25, 0.3) is 5.56 Å². The molecule has 116 valence electrons. The minimum Gasteiger partial charge on any atom is -0.497 e. The molecule has 0 saturated carbocycles. The van der Waals surface area contributed by atoms with Crippen LogP contribution in [0.15, 0.2) is 34.2 Å². The molecule has 5 nitrogen and oxygen atoms in total. The van der Waals surface area contributed by atoms with E-state index in [1.165, 1.54) is 17.3 Å². The van der Waals surface area contributed by atoms with Gasteiger partial charge in [0.1, 0.15) is 5.75 Å². The van der Waals surface area contributed by atoms with Crippen molar-refractivity contribution in [1.29, 1.82) is 0 Å². The molecule has 1 N–H and O–H groups in total. The lowest BCUT2D eigenvalue weighted by atomic mass is 10.1. The monoisotopic (exact) mass is 317 g/mol. The van der Waals surface area contributed by atoms with Gasteiger partial charge < -0.3 is 9.72 Å². The standard InChI is InChI=1S/C16H19N3O2S/c1-21-12-5-3-11(4-6-12)9-19-8-7-14-13(10-19)15(20)18-16(17-14)22-2/h3-6H,7-10H2,1-2H3,(H,17,18,20). The van der Waals surface area contributed by atoms with Crippen LogP contribution in [0, 0.1) is 0 Å². The summed E-state index contributed by atoms with van der Waals surface area (Å²) in [5.41, 5.74) is 2.96. The molecule has 22 heavy (non-hydrogen) atoms. The average molecular weight is 317 g/mol. The number of nitrogens with one attached hydrogen (secondary N) is 1. The van der Waals surface area contributed by atoms with Gasteiger partial charge in [-0.15, -0.1) is 0 Å². The topological polar surface area (TPSA) is 58.2 Å². The first kappa shape index (κ1) is 15.1. The number of thioether (sulfide) groups is 1. The Labute approximate surface area is 133 Å². The Morgan fingerprint density at radius 2 is 2.14 bits per heavy atom. The molecule has 1 aromatic heterocycles. The van der Waals surface area contributed by atoms with Crippen molar-refractivity contribution in [3.8, 4) is 5.75 Å². The number of nitrogens with zero attached hydrogens (tertiary/aromatic N) is 2. The summed E-state index contributed by atoms with van der Waals surface area (Å²) in [5, 5.41) is 0.701. The van der Waals surface area contributed by atoms with Crippen molar-refractivity contribution in [3.05, 3.63) is 51.4 Å². The van der Waals surface area contributed by atoms with E-state index in [0.29, 0.717) is 11.7 Å². The number of benzene rings is 1. The van der Waals surface area contributed by atoms with Crippen LogP contribution in [-0.4, -0.2) is 34.8 Å². The molecule has 3 rings (SSSR count). The molecule has 1 aliphatic heterocycles. The van der Waals surface area contributed by atoms with Crippen molar-refractivity contribution in [2.45, 2.75) is 24.7 Å². The molecule has 0 atom stereocenters. The Balaban J connectivity index is 1.75. The molecule has 0 aliphatic carbocycles. The molecule has 0 radical (unpaired) electrons. The van der Waals surface area contributed by atoms with Crippen LogP contribution >= 0.6 is 11.8 Å². The van der Waals surface area contributed by atoms with Crippen LogP contribution < -0.4 is 10.3 Å². The number of rotatable bonds is 4. The van der Waals surface area contributed by atoms with E-state index in [2.05, 4.69) is 27.0 Å². The molecule has 1 aliphatic rings. The number of ether oxygens (including phenoxy) is 1. The summed E-state index contributed by atoms with van der Waals surface area (Å²) in [6, 6.07) is 8.06. The first-order valence-corrected chi connectivity index (χ1v) is 8.43. The van der Waals surface area contributed by atoms with Crippen LogP contribution in [0.1, 0.15) is 16.8 Å². The second kappa shape index (κ2) is 6.54. The largest absolute Gasteiger partial charge is 0.497 e. The van der Waals surface area contributed by atoms with Crippen LogP contribution in [0.5, 0.6) is 5.75 Å². The van der Waals surface area contributed by atoms with Crippen molar-refractivity contribution >= 4 is 11.8 Å². The van der Waals surface area contributed by atoms with Crippen LogP contribution in [0.25, 0.3) is 0 Å². The maximum atomic E-state index is 12.2. The summed E-state index contributed by atoms with van der Waals surface area (Å²) < 4.78 is 5.17. The van der Waals surface area contributed by atoms with Crippen molar-refractivity contribution < 1.29 is 4.74 Å². The van der Waals surface area contributed by atoms with Crippen LogP contribution in [-0.2, 0) is 19.5 Å². The summed E-state index contributed by atoms with van der Waals surface area (Å²) in [7, 11) is 1.67. The lowest BCUT2D eigenvalue weighted by Crippen LogP contribution is -2.35. The molecule has 2 aromatic rings. The highest BCUT2D eigenvalue weighted by molar-refractivity contribution is 7.98. The lowest BCUT2D eigenvalue weighted by Gasteiger charge is -2.27. The predicted molar refractivity (Wildman–Crippen MR) is 87.5 cm³/mol. The highest BCUT2D eigenvalue weighted by Crippen LogP contribution is 2.19. The number of H-pyrrole nitrogens is 1. The Kier molecular flexibility index (Phi) is 4.49. The SMILES string of the molecule is COc1ccc(CN2CCc3nc(SC)[nH]c(=O)c3C2)cc1. The zero-order chi connectivity index (χ0) is 15.5. The first-order valence-electron chi connectivity index (χ1n) is 7.21. The van der Waals surface area contributed by atoms with Crippen molar-refractivity contribution in [3.63, 3.8) is 0 Å². The highest BCUT2D eigenvalue weighted by atomic mass is 32.2. The number of aromatic nitrogens is 2. The van der Waals surface area contributed by atoms with E-state index in [1.807, 2.05) is 18.4 Å². The molecule has 2 heterocycles. The quantitative estimate of drug-likeness (QED) is 0.691. The maximum absolute atomic E-state index is 12.2. The third kappa shape index (κ3) is 3.18. The van der Waals surface area contributed by atoms with Gasteiger partial charge in [0, 0.05) is 26.1 Å². The second-order valence-electron chi connectivity index (χ2n) is 5.31. The van der Waals surface area contributed by atoms with E-state index in [1.54, 1.807) is 7.11 Å². The van der Waals surface area contributed by atoms with Crippen LogP contribution in [0.3, 0.4) is 0 Å². The van der Waals surface area contributed by atoms with Crippen molar-refractivity contribution in [2.24, 2.45) is 0 Å². The van der Waals surface area contributed by atoms with Gasteiger partial charge in [-0.2, -0.15) is 0 Å². The number of methoxy groups -OCH3 is 1. The van der Waals surface area contributed by atoms with Crippen molar-refractivity contribution in [2.75, 3.05) is 19.9 Å². The van der Waals surface area contributed by atoms with Gasteiger partial charge in [-0.3, -0.25) is 9.69 Å². The third-order valence-corrected chi connectivity index (χ3v) is 4.46. The van der Waals surface area contributed by atoms with Gasteiger partial charge in [0.2, 0.25) is 0 Å². The van der Waals surface area contributed by atoms with E-state index < -0.39 is 0 Å².